The van der Waals surface area contributed by atoms with Gasteiger partial charge in [0.1, 0.15) is 0 Å². The molecule has 1 atom stereocenters. The smallest absolute Gasteiger partial charge is 0.231 e. The van der Waals surface area contributed by atoms with Gasteiger partial charge in [0.2, 0.25) is 5.95 Å². The molecule has 2 aromatic heterocycles. The molecule has 0 spiro atoms. The fraction of sp³-hybridized carbons (Fsp3) is 0.364. The van der Waals surface area contributed by atoms with Crippen molar-refractivity contribution in [2.75, 3.05) is 0 Å². The van der Waals surface area contributed by atoms with Crippen molar-refractivity contribution in [1.29, 1.82) is 0 Å². The van der Waals surface area contributed by atoms with E-state index in [1.807, 2.05) is 13.8 Å². The monoisotopic (exact) mass is 210 g/mol. The van der Waals surface area contributed by atoms with Crippen LogP contribution in [0.15, 0.2) is 18.5 Å². The van der Waals surface area contributed by atoms with E-state index in [1.165, 1.54) is 16.7 Å². The van der Waals surface area contributed by atoms with E-state index >= 15 is 0 Å². The Morgan fingerprint density at radius 1 is 1.40 bits per heavy atom. The third-order valence-electron chi connectivity index (χ3n) is 2.68. The minimum absolute atomic E-state index is 0.0413. The average molecular weight is 210 g/mol. The van der Waals surface area contributed by atoms with Gasteiger partial charge in [-0.25, -0.2) is 4.39 Å². The van der Waals surface area contributed by atoms with Gasteiger partial charge >= 0.3 is 0 Å². The number of aromatic nitrogens is 2. The molecule has 15 heavy (non-hydrogen) atoms. The van der Waals surface area contributed by atoms with Gasteiger partial charge in [-0.2, -0.15) is 9.37 Å². The summed E-state index contributed by atoms with van der Waals surface area (Å²) in [6.45, 7) is 4.04. The standard InChI is InChI=1S/C11H12F2N2/c1-3-7(2)8-4-9(12)11-14-10(13)6-15(11)5-8/h4-7H,3H2,1-2H3. The van der Waals surface area contributed by atoms with Crippen molar-refractivity contribution in [3.8, 4) is 0 Å². The Morgan fingerprint density at radius 2 is 2.13 bits per heavy atom. The van der Waals surface area contributed by atoms with E-state index in [2.05, 4.69) is 4.98 Å². The van der Waals surface area contributed by atoms with E-state index < -0.39 is 11.8 Å². The highest BCUT2D eigenvalue weighted by Crippen LogP contribution is 2.21. The molecule has 0 bridgehead atoms. The molecule has 0 saturated carbocycles. The molecule has 0 radical (unpaired) electrons. The summed E-state index contributed by atoms with van der Waals surface area (Å²) in [7, 11) is 0. The number of pyridine rings is 1. The largest absolute Gasteiger partial charge is 0.301 e. The summed E-state index contributed by atoms with van der Waals surface area (Å²) < 4.78 is 27.7. The zero-order chi connectivity index (χ0) is 11.0. The number of nitrogens with zero attached hydrogens (tertiary/aromatic N) is 2. The lowest BCUT2D eigenvalue weighted by atomic mass is 10.0. The van der Waals surface area contributed by atoms with E-state index in [9.17, 15) is 8.78 Å². The summed E-state index contributed by atoms with van der Waals surface area (Å²) in [5.41, 5.74) is 0.902. The lowest BCUT2D eigenvalue weighted by Crippen LogP contribution is -1.97. The van der Waals surface area contributed by atoms with E-state index in [1.54, 1.807) is 6.20 Å². The molecular weight excluding hydrogens is 198 g/mol. The Kier molecular flexibility index (Phi) is 2.42. The zero-order valence-corrected chi connectivity index (χ0v) is 8.67. The van der Waals surface area contributed by atoms with Crippen LogP contribution in [-0.4, -0.2) is 9.38 Å². The van der Waals surface area contributed by atoms with Gasteiger partial charge in [0.15, 0.2) is 11.5 Å². The summed E-state index contributed by atoms with van der Waals surface area (Å²) in [6, 6.07) is 1.43. The van der Waals surface area contributed by atoms with Crippen LogP contribution in [-0.2, 0) is 0 Å². The molecule has 4 heteroatoms. The Bertz CT molecular complexity index is 491. The first kappa shape index (κ1) is 10.1. The Morgan fingerprint density at radius 3 is 2.80 bits per heavy atom. The molecule has 0 fully saturated rings. The van der Waals surface area contributed by atoms with Crippen LogP contribution in [0, 0.1) is 11.8 Å². The van der Waals surface area contributed by atoms with E-state index in [-0.39, 0.29) is 11.6 Å². The van der Waals surface area contributed by atoms with Crippen molar-refractivity contribution >= 4 is 5.65 Å². The second-order valence-electron chi connectivity index (χ2n) is 3.73. The van der Waals surface area contributed by atoms with Gasteiger partial charge < -0.3 is 4.40 Å². The van der Waals surface area contributed by atoms with Crippen LogP contribution >= 0.6 is 0 Å². The summed E-state index contributed by atoms with van der Waals surface area (Å²) in [6.07, 6.45) is 3.83. The van der Waals surface area contributed by atoms with Gasteiger partial charge in [0, 0.05) is 6.20 Å². The van der Waals surface area contributed by atoms with Crippen molar-refractivity contribution in [1.82, 2.24) is 9.38 Å². The highest BCUT2D eigenvalue weighted by atomic mass is 19.1. The normalized spacial score (nSPS) is 13.3. The molecule has 0 aliphatic carbocycles. The number of rotatable bonds is 2. The number of hydrogen-bond donors (Lipinski definition) is 0. The molecule has 0 aliphatic heterocycles. The fourth-order valence-electron chi connectivity index (χ4n) is 1.55. The molecule has 2 aromatic rings. The van der Waals surface area contributed by atoms with Crippen LogP contribution in [0.3, 0.4) is 0 Å². The van der Waals surface area contributed by atoms with Gasteiger partial charge in [0.05, 0.1) is 6.20 Å². The van der Waals surface area contributed by atoms with Crippen LogP contribution in [0.2, 0.25) is 0 Å². The molecule has 0 N–H and O–H groups in total. The van der Waals surface area contributed by atoms with Gasteiger partial charge in [-0.05, 0) is 24.0 Å². The summed E-state index contributed by atoms with van der Waals surface area (Å²) in [4.78, 5) is 3.46. The summed E-state index contributed by atoms with van der Waals surface area (Å²) in [5, 5.41) is 0. The number of halogens is 2. The quantitative estimate of drug-likeness (QED) is 0.744. The first-order chi connectivity index (χ1) is 7.11. The van der Waals surface area contributed by atoms with Gasteiger partial charge in [-0.15, -0.1) is 0 Å². The number of hydrogen-bond acceptors (Lipinski definition) is 1. The maximum Gasteiger partial charge on any atom is 0.231 e. The second-order valence-corrected chi connectivity index (χ2v) is 3.73. The average Bonchev–Trinajstić information content (AvgIpc) is 2.58. The SMILES string of the molecule is CCC(C)c1cc(F)c2nc(F)cn2c1. The molecule has 0 saturated heterocycles. The molecule has 2 heterocycles. The predicted octanol–water partition coefficient (Wildman–Crippen LogP) is 3.13. The van der Waals surface area contributed by atoms with Crippen molar-refractivity contribution in [3.63, 3.8) is 0 Å². The minimum Gasteiger partial charge on any atom is -0.301 e. The van der Waals surface area contributed by atoms with E-state index in [4.69, 9.17) is 0 Å². The minimum atomic E-state index is -0.657. The van der Waals surface area contributed by atoms with Crippen LogP contribution in [0.4, 0.5) is 8.78 Å². The van der Waals surface area contributed by atoms with Crippen LogP contribution in [0.25, 0.3) is 5.65 Å². The maximum absolute atomic E-state index is 13.5. The zero-order valence-electron chi connectivity index (χ0n) is 8.67. The molecular formula is C11H12F2N2. The van der Waals surface area contributed by atoms with Crippen LogP contribution < -0.4 is 0 Å². The summed E-state index contributed by atoms with van der Waals surface area (Å²) >= 11 is 0. The predicted molar refractivity (Wildman–Crippen MR) is 53.8 cm³/mol. The van der Waals surface area contributed by atoms with Crippen molar-refractivity contribution in [3.05, 3.63) is 35.8 Å². The highest BCUT2D eigenvalue weighted by molar-refractivity contribution is 5.42. The van der Waals surface area contributed by atoms with Gasteiger partial charge in [-0.3, -0.25) is 0 Å². The maximum atomic E-state index is 13.5. The highest BCUT2D eigenvalue weighted by Gasteiger charge is 2.11. The Labute approximate surface area is 86.6 Å². The lowest BCUT2D eigenvalue weighted by molar-refractivity contribution is 0.588. The molecule has 2 nitrogen and oxygen atoms in total. The van der Waals surface area contributed by atoms with Crippen LogP contribution in [0.1, 0.15) is 31.7 Å². The number of fused-ring (bicyclic) bond motifs is 1. The van der Waals surface area contributed by atoms with Gasteiger partial charge in [-0.1, -0.05) is 13.8 Å². The van der Waals surface area contributed by atoms with Crippen molar-refractivity contribution < 1.29 is 8.78 Å². The van der Waals surface area contributed by atoms with E-state index in [0.717, 1.165) is 12.0 Å². The molecule has 0 amide bonds. The summed E-state index contributed by atoms with van der Waals surface area (Å²) in [5.74, 6) is -0.874. The van der Waals surface area contributed by atoms with Gasteiger partial charge in [0.25, 0.3) is 0 Å². The molecule has 80 valence electrons. The number of imidazole rings is 1. The third kappa shape index (κ3) is 1.71. The van der Waals surface area contributed by atoms with Crippen LogP contribution in [0.5, 0.6) is 0 Å². The molecule has 0 aromatic carbocycles. The Hall–Kier alpha value is -1.45. The fourth-order valence-corrected chi connectivity index (χ4v) is 1.55. The molecule has 0 aliphatic rings. The first-order valence-electron chi connectivity index (χ1n) is 4.95. The molecule has 1 unspecified atom stereocenters. The van der Waals surface area contributed by atoms with Crippen molar-refractivity contribution in [2.24, 2.45) is 0 Å². The lowest BCUT2D eigenvalue weighted by Gasteiger charge is -2.09. The second kappa shape index (κ2) is 3.61. The first-order valence-corrected chi connectivity index (χ1v) is 4.95. The van der Waals surface area contributed by atoms with Crippen molar-refractivity contribution in [2.45, 2.75) is 26.2 Å². The van der Waals surface area contributed by atoms with E-state index in [0.29, 0.717) is 0 Å². The Balaban J connectivity index is 2.61. The topological polar surface area (TPSA) is 17.3 Å². The molecule has 2 rings (SSSR count). The third-order valence-corrected chi connectivity index (χ3v) is 2.68.